The van der Waals surface area contributed by atoms with E-state index >= 15 is 0 Å². The van der Waals surface area contributed by atoms with Crippen LogP contribution in [0.2, 0.25) is 0 Å². The van der Waals surface area contributed by atoms with Crippen molar-refractivity contribution in [2.45, 2.75) is 32.7 Å². The minimum absolute atomic E-state index is 0. The van der Waals surface area contributed by atoms with Gasteiger partial charge in [-0.05, 0) is 37.5 Å². The van der Waals surface area contributed by atoms with Crippen LogP contribution < -0.4 is 15.8 Å². The molecule has 0 aliphatic carbocycles. The average Bonchev–Trinajstić information content (AvgIpc) is 2.45. The summed E-state index contributed by atoms with van der Waals surface area (Å²) in [6.07, 6.45) is 1.85. The summed E-state index contributed by atoms with van der Waals surface area (Å²) >= 11 is 0. The van der Waals surface area contributed by atoms with E-state index in [9.17, 15) is 0 Å². The molecule has 3 N–H and O–H groups in total. The summed E-state index contributed by atoms with van der Waals surface area (Å²) in [7, 11) is 1.67. The fraction of sp³-hybridized carbons (Fsp3) is 0.562. The van der Waals surface area contributed by atoms with Crippen molar-refractivity contribution in [3.8, 4) is 5.75 Å². The molecular weight excluding hydrogens is 393 g/mol. The highest BCUT2D eigenvalue weighted by atomic mass is 127. The van der Waals surface area contributed by atoms with E-state index in [1.165, 1.54) is 5.56 Å². The lowest BCUT2D eigenvalue weighted by atomic mass is 10.1. The Morgan fingerprint density at radius 2 is 2.18 bits per heavy atom. The lowest BCUT2D eigenvalue weighted by Crippen LogP contribution is -2.40. The summed E-state index contributed by atoms with van der Waals surface area (Å²) in [5.74, 6) is 1.37. The second-order valence-electron chi connectivity index (χ2n) is 5.01. The van der Waals surface area contributed by atoms with E-state index in [4.69, 9.17) is 15.2 Å². The fourth-order valence-corrected chi connectivity index (χ4v) is 1.91. The molecular formula is C16H28IN3O2. The van der Waals surface area contributed by atoms with Crippen LogP contribution in [0.1, 0.15) is 25.8 Å². The Morgan fingerprint density at radius 1 is 1.41 bits per heavy atom. The van der Waals surface area contributed by atoms with Gasteiger partial charge in [0, 0.05) is 19.7 Å². The van der Waals surface area contributed by atoms with Gasteiger partial charge in [0.05, 0.1) is 13.2 Å². The minimum Gasteiger partial charge on any atom is -0.494 e. The molecule has 0 aliphatic heterocycles. The Kier molecular flexibility index (Phi) is 11.9. The maximum atomic E-state index is 5.82. The summed E-state index contributed by atoms with van der Waals surface area (Å²) in [5, 5.41) is 3.08. The molecule has 1 unspecified atom stereocenters. The maximum Gasteiger partial charge on any atom is 0.188 e. The van der Waals surface area contributed by atoms with Crippen molar-refractivity contribution in [1.82, 2.24) is 5.32 Å². The van der Waals surface area contributed by atoms with Gasteiger partial charge in [0.15, 0.2) is 5.96 Å². The van der Waals surface area contributed by atoms with E-state index in [0.29, 0.717) is 19.1 Å². The van der Waals surface area contributed by atoms with E-state index in [2.05, 4.69) is 29.4 Å². The molecule has 1 aromatic carbocycles. The van der Waals surface area contributed by atoms with Crippen molar-refractivity contribution in [2.24, 2.45) is 10.7 Å². The summed E-state index contributed by atoms with van der Waals surface area (Å²) in [4.78, 5) is 4.32. The van der Waals surface area contributed by atoms with Crippen molar-refractivity contribution in [3.63, 3.8) is 0 Å². The number of hydrogen-bond donors (Lipinski definition) is 2. The average molecular weight is 421 g/mol. The first kappa shape index (κ1) is 21.0. The molecule has 0 amide bonds. The van der Waals surface area contributed by atoms with Crippen LogP contribution in [-0.4, -0.2) is 38.9 Å². The number of hydrogen-bond acceptors (Lipinski definition) is 3. The smallest absolute Gasteiger partial charge is 0.188 e. The first-order valence-electron chi connectivity index (χ1n) is 7.42. The largest absolute Gasteiger partial charge is 0.494 e. The van der Waals surface area contributed by atoms with E-state index in [0.717, 1.165) is 25.2 Å². The number of halogens is 1. The van der Waals surface area contributed by atoms with Gasteiger partial charge >= 0.3 is 0 Å². The zero-order chi connectivity index (χ0) is 15.5. The summed E-state index contributed by atoms with van der Waals surface area (Å²) < 4.78 is 10.7. The Hall–Kier alpha value is -1.02. The van der Waals surface area contributed by atoms with Gasteiger partial charge in [-0.1, -0.05) is 19.1 Å². The number of benzene rings is 1. The Balaban J connectivity index is 0.00000441. The van der Waals surface area contributed by atoms with Crippen LogP contribution in [0.5, 0.6) is 5.75 Å². The number of nitrogens with one attached hydrogen (secondary N) is 1. The molecule has 0 aliphatic rings. The first-order chi connectivity index (χ1) is 10.2. The highest BCUT2D eigenvalue weighted by Crippen LogP contribution is 2.14. The molecule has 0 radical (unpaired) electrons. The Labute approximate surface area is 150 Å². The van der Waals surface area contributed by atoms with E-state index in [1.807, 2.05) is 19.1 Å². The third-order valence-corrected chi connectivity index (χ3v) is 2.86. The number of aliphatic imine (C=N–C) groups is 1. The van der Waals surface area contributed by atoms with Gasteiger partial charge in [-0.15, -0.1) is 24.0 Å². The van der Waals surface area contributed by atoms with Gasteiger partial charge < -0.3 is 20.5 Å². The van der Waals surface area contributed by atoms with Gasteiger partial charge in [-0.25, -0.2) is 0 Å². The number of guanidine groups is 1. The summed E-state index contributed by atoms with van der Waals surface area (Å²) in [6.45, 7) is 6.10. The minimum atomic E-state index is 0. The monoisotopic (exact) mass is 421 g/mol. The van der Waals surface area contributed by atoms with Gasteiger partial charge in [-0.2, -0.15) is 0 Å². The number of methoxy groups -OCH3 is 1. The van der Waals surface area contributed by atoms with Crippen molar-refractivity contribution in [3.05, 3.63) is 29.8 Å². The van der Waals surface area contributed by atoms with Crippen LogP contribution in [-0.2, 0) is 11.2 Å². The molecule has 6 heteroatoms. The van der Waals surface area contributed by atoms with E-state index in [1.54, 1.807) is 7.11 Å². The zero-order valence-electron chi connectivity index (χ0n) is 13.7. The van der Waals surface area contributed by atoms with Crippen LogP contribution >= 0.6 is 24.0 Å². The highest BCUT2D eigenvalue weighted by molar-refractivity contribution is 14.0. The van der Waals surface area contributed by atoms with Gasteiger partial charge in [0.1, 0.15) is 5.75 Å². The van der Waals surface area contributed by atoms with Crippen molar-refractivity contribution in [1.29, 1.82) is 0 Å². The molecule has 0 saturated heterocycles. The second kappa shape index (κ2) is 12.5. The van der Waals surface area contributed by atoms with Gasteiger partial charge in [0.2, 0.25) is 0 Å². The molecule has 0 saturated carbocycles. The molecule has 22 heavy (non-hydrogen) atoms. The Morgan fingerprint density at radius 3 is 2.86 bits per heavy atom. The molecule has 0 fully saturated rings. The number of nitrogens with zero attached hydrogens (tertiary/aromatic N) is 1. The Bertz CT molecular complexity index is 441. The molecule has 1 aromatic rings. The lowest BCUT2D eigenvalue weighted by molar-refractivity contribution is 0.179. The zero-order valence-corrected chi connectivity index (χ0v) is 16.0. The topological polar surface area (TPSA) is 68.9 Å². The quantitative estimate of drug-likeness (QED) is 0.366. The fourth-order valence-electron chi connectivity index (χ4n) is 1.91. The molecule has 0 spiro atoms. The molecule has 1 rings (SSSR count). The van der Waals surface area contributed by atoms with E-state index in [-0.39, 0.29) is 30.0 Å². The van der Waals surface area contributed by atoms with Gasteiger partial charge in [-0.3, -0.25) is 4.99 Å². The van der Waals surface area contributed by atoms with Crippen molar-refractivity contribution < 1.29 is 9.47 Å². The first-order valence-corrected chi connectivity index (χ1v) is 7.42. The predicted molar refractivity (Wildman–Crippen MR) is 102 cm³/mol. The normalized spacial score (nSPS) is 12.4. The molecule has 0 heterocycles. The summed E-state index contributed by atoms with van der Waals surface area (Å²) in [6, 6.07) is 8.27. The SMILES string of the molecule is CCCOc1cccc(CCN=C(N)NC(C)COC)c1.I. The highest BCUT2D eigenvalue weighted by Gasteiger charge is 2.01. The standard InChI is InChI=1S/C16H27N3O2.HI/c1-4-10-21-15-7-5-6-14(11-15)8-9-18-16(17)19-13(2)12-20-3;/h5-7,11,13H,4,8-10,12H2,1-3H3,(H3,17,18,19);1H. The predicted octanol–water partition coefficient (Wildman–Crippen LogP) is 2.58. The van der Waals surface area contributed by atoms with Crippen LogP contribution in [0.3, 0.4) is 0 Å². The van der Waals surface area contributed by atoms with Crippen LogP contribution in [0.25, 0.3) is 0 Å². The van der Waals surface area contributed by atoms with Gasteiger partial charge in [0.25, 0.3) is 0 Å². The third-order valence-electron chi connectivity index (χ3n) is 2.86. The number of rotatable bonds is 9. The van der Waals surface area contributed by atoms with Crippen molar-refractivity contribution >= 4 is 29.9 Å². The van der Waals surface area contributed by atoms with Crippen LogP contribution in [0, 0.1) is 0 Å². The lowest BCUT2D eigenvalue weighted by Gasteiger charge is -2.13. The van der Waals surface area contributed by atoms with E-state index < -0.39 is 0 Å². The van der Waals surface area contributed by atoms with Crippen molar-refractivity contribution in [2.75, 3.05) is 26.9 Å². The molecule has 1 atom stereocenters. The van der Waals surface area contributed by atoms with Crippen LogP contribution in [0.15, 0.2) is 29.3 Å². The third kappa shape index (κ3) is 9.09. The molecule has 0 aromatic heterocycles. The number of nitrogens with two attached hydrogens (primary N) is 1. The second-order valence-corrected chi connectivity index (χ2v) is 5.01. The summed E-state index contributed by atoms with van der Waals surface area (Å²) in [5.41, 5.74) is 7.02. The maximum absolute atomic E-state index is 5.82. The molecule has 0 bridgehead atoms. The molecule has 5 nitrogen and oxygen atoms in total. The van der Waals surface area contributed by atoms with Crippen LogP contribution in [0.4, 0.5) is 0 Å². The number of ether oxygens (including phenoxy) is 2. The molecule has 126 valence electrons.